The number of carbonyl (C=O) groups excluding carboxylic acids is 5. The minimum atomic E-state index is -1.67. The molecule has 0 heterocycles. The van der Waals surface area contributed by atoms with E-state index in [1.54, 1.807) is 44.2 Å². The molecular weight excluding hydrogens is 576 g/mol. The highest BCUT2D eigenvalue weighted by Crippen LogP contribution is 2.13. The lowest BCUT2D eigenvalue weighted by atomic mass is 10.0. The fourth-order valence-corrected chi connectivity index (χ4v) is 4.11. The van der Waals surface area contributed by atoms with Gasteiger partial charge in [-0.25, -0.2) is 0 Å². The third-order valence-corrected chi connectivity index (χ3v) is 6.39. The fraction of sp³-hybridized carbons (Fsp3) is 0.379. The molecule has 0 aromatic heterocycles. The van der Waals surface area contributed by atoms with Crippen LogP contribution in [-0.2, 0) is 35.2 Å². The molecule has 0 saturated heterocycles. The zero-order valence-electron chi connectivity index (χ0n) is 24.7. The van der Waals surface area contributed by atoms with E-state index in [2.05, 4.69) is 21.3 Å². The number of rotatable bonds is 15. The van der Waals surface area contributed by atoms with E-state index in [-0.39, 0.29) is 17.9 Å². The van der Waals surface area contributed by atoms with Gasteiger partial charge in [-0.3, -0.25) is 28.8 Å². The van der Waals surface area contributed by atoms with Gasteiger partial charge >= 0.3 is 11.9 Å². The van der Waals surface area contributed by atoms with Crippen molar-refractivity contribution < 1.29 is 44.3 Å². The van der Waals surface area contributed by atoms with Crippen LogP contribution in [0.3, 0.4) is 0 Å². The second kappa shape index (κ2) is 16.3. The molecule has 0 spiro atoms. The smallest absolute Gasteiger partial charge is 0.310 e. The Morgan fingerprint density at radius 1 is 0.795 bits per heavy atom. The average Bonchev–Trinajstić information content (AvgIpc) is 2.96. The summed E-state index contributed by atoms with van der Waals surface area (Å²) in [6, 6.07) is 8.44. The van der Waals surface area contributed by atoms with E-state index in [9.17, 15) is 43.9 Å². The molecule has 4 atom stereocenters. The Labute approximate surface area is 253 Å². The number of benzene rings is 2. The van der Waals surface area contributed by atoms with Crippen molar-refractivity contribution in [2.24, 2.45) is 5.92 Å². The van der Waals surface area contributed by atoms with Gasteiger partial charge in [0.1, 0.15) is 40.9 Å². The van der Waals surface area contributed by atoms with Crippen LogP contribution in [0.25, 0.3) is 0 Å². The van der Waals surface area contributed by atoms with Crippen molar-refractivity contribution in [2.45, 2.75) is 64.7 Å². The lowest BCUT2D eigenvalue weighted by Gasteiger charge is -2.27. The third-order valence-electron chi connectivity index (χ3n) is 6.39. The summed E-state index contributed by atoms with van der Waals surface area (Å²) >= 11 is 0. The van der Waals surface area contributed by atoms with Gasteiger partial charge in [-0.1, -0.05) is 44.2 Å². The molecule has 0 unspecified atom stereocenters. The Bertz CT molecular complexity index is 1350. The number of hydrogen-bond acceptors (Lipinski definition) is 8. The maximum Gasteiger partial charge on any atom is 0.310 e. The number of carbonyl (C=O) groups is 6. The minimum Gasteiger partial charge on any atom is -0.508 e. The van der Waals surface area contributed by atoms with Gasteiger partial charge in [-0.2, -0.15) is 0 Å². The highest BCUT2D eigenvalue weighted by atomic mass is 16.4. The van der Waals surface area contributed by atoms with Crippen LogP contribution in [0, 0.1) is 10.8 Å². The first kappa shape index (κ1) is 34.9. The molecule has 2 aromatic carbocycles. The van der Waals surface area contributed by atoms with E-state index in [0.717, 1.165) is 0 Å². The summed E-state index contributed by atoms with van der Waals surface area (Å²) in [4.78, 5) is 87.1. The van der Waals surface area contributed by atoms with Gasteiger partial charge in [0.15, 0.2) is 0 Å². The highest BCUT2D eigenvalue weighted by Gasteiger charge is 2.35. The number of phenols is 1. The first-order valence-corrected chi connectivity index (χ1v) is 13.7. The predicted octanol–water partition coefficient (Wildman–Crippen LogP) is -1.16. The van der Waals surface area contributed by atoms with E-state index < -0.39 is 72.0 Å². The maximum atomic E-state index is 13.2. The first-order chi connectivity index (χ1) is 20.7. The molecule has 0 saturated carbocycles. The Morgan fingerprint density at radius 3 is 1.93 bits per heavy atom. The summed E-state index contributed by atoms with van der Waals surface area (Å²) in [7, 11) is 0. The first-order valence-electron chi connectivity index (χ1n) is 13.7. The Hall–Kier alpha value is -5.34. The Balaban J connectivity index is 2.14. The lowest BCUT2D eigenvalue weighted by Crippen LogP contribution is -2.82. The van der Waals surface area contributed by atoms with Crippen LogP contribution in [0.15, 0.2) is 54.6 Å². The van der Waals surface area contributed by atoms with E-state index in [1.165, 1.54) is 43.4 Å². The Morgan fingerprint density at radius 2 is 1.41 bits per heavy atom. The molecule has 15 heteroatoms. The molecule has 15 nitrogen and oxygen atoms in total. The fourth-order valence-electron chi connectivity index (χ4n) is 4.11. The SMILES string of the molecule is CC(=O)N[C@@H](Cc1ccc(O)cc1)C(=O)N[C@H](C(=O)N[C@@H](C)C(=O)N[C@@H](CC(=O)O)C(=O)N([NH+]=O)c1ccccc1)C(C)C. The molecular formula is C29H37N6O9+. The van der Waals surface area contributed by atoms with Crippen LogP contribution in [0.4, 0.5) is 5.69 Å². The summed E-state index contributed by atoms with van der Waals surface area (Å²) in [6.07, 6.45) is -0.791. The van der Waals surface area contributed by atoms with Crippen LogP contribution in [-0.4, -0.2) is 69.9 Å². The number of nitrogens with one attached hydrogen (secondary N) is 5. The van der Waals surface area contributed by atoms with Gasteiger partial charge in [0, 0.05) is 18.3 Å². The number of hydrazine groups is 1. The molecule has 2 aromatic rings. The normalized spacial score (nSPS) is 13.4. The molecule has 0 radical (unpaired) electrons. The van der Waals surface area contributed by atoms with Gasteiger partial charge in [0.2, 0.25) is 23.6 Å². The van der Waals surface area contributed by atoms with Crippen molar-refractivity contribution >= 4 is 41.2 Å². The van der Waals surface area contributed by atoms with E-state index in [4.69, 9.17) is 0 Å². The van der Waals surface area contributed by atoms with Crippen molar-refractivity contribution in [1.82, 2.24) is 21.3 Å². The van der Waals surface area contributed by atoms with Crippen LogP contribution in [0.2, 0.25) is 0 Å². The molecule has 0 fully saturated rings. The van der Waals surface area contributed by atoms with Gasteiger partial charge in [0.05, 0.1) is 6.42 Å². The molecule has 0 aliphatic rings. The van der Waals surface area contributed by atoms with Gasteiger partial charge in [-0.15, -0.1) is 0 Å². The third kappa shape index (κ3) is 10.5. The second-order valence-corrected chi connectivity index (χ2v) is 10.3. The molecule has 5 amide bonds. The van der Waals surface area contributed by atoms with Crippen LogP contribution in [0.5, 0.6) is 5.75 Å². The number of carboxylic acids is 1. The van der Waals surface area contributed by atoms with Crippen molar-refractivity contribution in [3.63, 3.8) is 0 Å². The summed E-state index contributed by atoms with van der Waals surface area (Å²) < 4.78 is 0. The quantitative estimate of drug-likeness (QED) is 0.120. The summed E-state index contributed by atoms with van der Waals surface area (Å²) in [5.41, 5.74) is 0.744. The molecule has 44 heavy (non-hydrogen) atoms. The molecule has 0 aliphatic carbocycles. The van der Waals surface area contributed by atoms with Crippen molar-refractivity contribution in [2.75, 3.05) is 5.01 Å². The van der Waals surface area contributed by atoms with Gasteiger partial charge in [0.25, 0.3) is 0 Å². The van der Waals surface area contributed by atoms with Gasteiger partial charge < -0.3 is 31.5 Å². The van der Waals surface area contributed by atoms with Gasteiger partial charge in [-0.05, 0) is 47.7 Å². The monoisotopic (exact) mass is 613 g/mol. The molecule has 236 valence electrons. The molecule has 2 rings (SSSR count). The number of carboxylic acid groups (broad SMARTS) is 1. The average molecular weight is 614 g/mol. The van der Waals surface area contributed by atoms with Crippen molar-refractivity contribution in [1.29, 1.82) is 0 Å². The summed E-state index contributed by atoms with van der Waals surface area (Å²) in [5, 5.41) is 30.6. The van der Waals surface area contributed by atoms with Crippen molar-refractivity contribution in [3.05, 3.63) is 65.1 Å². The van der Waals surface area contributed by atoms with E-state index in [1.807, 2.05) is 0 Å². The van der Waals surface area contributed by atoms with E-state index in [0.29, 0.717) is 10.6 Å². The van der Waals surface area contributed by atoms with Crippen LogP contribution < -0.4 is 31.6 Å². The van der Waals surface area contributed by atoms with Crippen LogP contribution >= 0.6 is 0 Å². The van der Waals surface area contributed by atoms with Crippen molar-refractivity contribution in [3.8, 4) is 5.75 Å². The maximum absolute atomic E-state index is 13.2. The van der Waals surface area contributed by atoms with Crippen LogP contribution in [0.1, 0.15) is 39.7 Å². The lowest BCUT2D eigenvalue weighted by molar-refractivity contribution is -0.484. The summed E-state index contributed by atoms with van der Waals surface area (Å²) in [5.74, 6) is -5.75. The molecule has 7 N–H and O–H groups in total. The second-order valence-electron chi connectivity index (χ2n) is 10.3. The van der Waals surface area contributed by atoms with E-state index >= 15 is 0 Å². The largest absolute Gasteiger partial charge is 0.508 e. The number of para-hydroxylation sites is 1. The number of amides is 5. The molecule has 0 aliphatic heterocycles. The number of nitroso groups, excluding NO2 is 1. The number of nitrogens with zero attached hydrogens (tertiary/aromatic N) is 1. The standard InChI is InChI=1S/C29H36N6O9/c1-16(2)25(33-27(41)22(31-18(4)36)14-19-10-12-21(37)13-11-19)28(42)30-17(3)26(40)32-23(15-24(38)39)29(43)35(34-44)20-8-6-5-7-9-20/h5-13,16-17,22-23,25,37H,14-15H2,1-4H3,(H,30,42)(H,31,36)(H,32,40)(H,33,41)(H,38,39)/p+1/t17-,22-,23-,25-/m0/s1. The minimum absolute atomic E-state index is 0.0261. The number of phenolic OH excluding ortho intramolecular Hbond substituents is 1. The summed E-state index contributed by atoms with van der Waals surface area (Å²) in [6.45, 7) is 5.83. The number of aromatic hydroxyl groups is 1. The predicted molar refractivity (Wildman–Crippen MR) is 156 cm³/mol. The number of aliphatic carboxylic acids is 1. The Kier molecular flexibility index (Phi) is 12.9. The molecule has 0 bridgehead atoms. The zero-order valence-corrected chi connectivity index (χ0v) is 24.7. The topological polar surface area (TPSA) is 225 Å². The highest BCUT2D eigenvalue weighted by molar-refractivity contribution is 6.00. The number of hydrogen-bond donors (Lipinski definition) is 7. The zero-order chi connectivity index (χ0) is 33.0. The number of anilines is 1.